The summed E-state index contributed by atoms with van der Waals surface area (Å²) >= 11 is 0. The maximum Gasteiger partial charge on any atom is 0.228 e. The summed E-state index contributed by atoms with van der Waals surface area (Å²) < 4.78 is 21.3. The van der Waals surface area contributed by atoms with Crippen LogP contribution in [0.5, 0.6) is 5.75 Å². The number of nitrogens with one attached hydrogen (secondary N) is 2. The zero-order valence-corrected chi connectivity index (χ0v) is 17.7. The fourth-order valence-corrected chi connectivity index (χ4v) is 4.51. The standard InChI is InChI=1S/C24H24FN5O2/c1-32-17-10-5-14(19(25)12-17)11-21(31)29-15-6-8-16(9-7-15)30-20-4-2-3-18(20)22-23(30)24(26)28-13-27-22/h5-10,12-13,24H,2-4,11,26H2,1H3,(H,27,28)(H,29,31). The smallest absolute Gasteiger partial charge is 0.228 e. The van der Waals surface area contributed by atoms with Crippen molar-refractivity contribution in [3.05, 3.63) is 70.8 Å². The van der Waals surface area contributed by atoms with Gasteiger partial charge in [-0.25, -0.2) is 4.39 Å². The van der Waals surface area contributed by atoms with Crippen molar-refractivity contribution in [2.75, 3.05) is 17.7 Å². The molecule has 1 aliphatic carbocycles. The van der Waals surface area contributed by atoms with Gasteiger partial charge in [-0.1, -0.05) is 6.07 Å². The summed E-state index contributed by atoms with van der Waals surface area (Å²) in [6, 6.07) is 12.1. The van der Waals surface area contributed by atoms with Crippen LogP contribution in [0.15, 0.2) is 47.5 Å². The van der Waals surface area contributed by atoms with Crippen molar-refractivity contribution < 1.29 is 13.9 Å². The second-order valence-corrected chi connectivity index (χ2v) is 7.97. The molecule has 7 nitrogen and oxygen atoms in total. The first kappa shape index (κ1) is 20.3. The van der Waals surface area contributed by atoms with Gasteiger partial charge in [-0.2, -0.15) is 0 Å². The van der Waals surface area contributed by atoms with Crippen molar-refractivity contribution in [1.82, 2.24) is 4.57 Å². The summed E-state index contributed by atoms with van der Waals surface area (Å²) in [7, 11) is 1.47. The molecule has 1 atom stereocenters. The van der Waals surface area contributed by atoms with E-state index in [-0.39, 0.29) is 12.3 Å². The molecule has 2 heterocycles. The molecule has 5 rings (SSSR count). The third kappa shape index (κ3) is 3.52. The number of anilines is 2. The molecule has 2 aromatic carbocycles. The van der Waals surface area contributed by atoms with Gasteiger partial charge in [0.2, 0.25) is 5.91 Å². The van der Waals surface area contributed by atoms with Crippen molar-refractivity contribution in [3.8, 4) is 11.4 Å². The maximum absolute atomic E-state index is 14.1. The summed E-state index contributed by atoms with van der Waals surface area (Å²) in [5, 5.41) is 6.10. The Morgan fingerprint density at radius 3 is 2.84 bits per heavy atom. The minimum atomic E-state index is -0.464. The second kappa shape index (κ2) is 8.12. The van der Waals surface area contributed by atoms with Crippen LogP contribution >= 0.6 is 0 Å². The van der Waals surface area contributed by atoms with E-state index in [1.165, 1.54) is 24.4 Å². The molecule has 0 bridgehead atoms. The fourth-order valence-electron chi connectivity index (χ4n) is 4.51. The third-order valence-electron chi connectivity index (χ3n) is 6.00. The summed E-state index contributed by atoms with van der Waals surface area (Å²) in [5.74, 6) is -0.336. The van der Waals surface area contributed by atoms with Gasteiger partial charge >= 0.3 is 0 Å². The number of amides is 1. The van der Waals surface area contributed by atoms with Crippen LogP contribution in [0.1, 0.15) is 35.1 Å². The second-order valence-electron chi connectivity index (χ2n) is 7.97. The topological polar surface area (TPSA) is 93.7 Å². The Morgan fingerprint density at radius 2 is 2.09 bits per heavy atom. The van der Waals surface area contributed by atoms with Crippen LogP contribution in [-0.2, 0) is 24.1 Å². The molecule has 1 aliphatic heterocycles. The summed E-state index contributed by atoms with van der Waals surface area (Å²) in [4.78, 5) is 16.7. The first-order chi connectivity index (χ1) is 15.5. The number of nitrogens with two attached hydrogens (primary N) is 1. The molecule has 2 aliphatic rings. The van der Waals surface area contributed by atoms with E-state index in [4.69, 9.17) is 10.5 Å². The van der Waals surface area contributed by atoms with E-state index >= 15 is 0 Å². The van der Waals surface area contributed by atoms with Gasteiger partial charge in [-0.15, -0.1) is 0 Å². The lowest BCUT2D eigenvalue weighted by molar-refractivity contribution is -0.115. The van der Waals surface area contributed by atoms with E-state index in [1.54, 1.807) is 18.5 Å². The maximum atomic E-state index is 14.1. The van der Waals surface area contributed by atoms with Gasteiger partial charge < -0.3 is 25.7 Å². The Morgan fingerprint density at radius 1 is 1.28 bits per heavy atom. The third-order valence-corrected chi connectivity index (χ3v) is 6.00. The van der Waals surface area contributed by atoms with E-state index in [1.807, 2.05) is 24.3 Å². The average Bonchev–Trinajstić information content (AvgIpc) is 3.38. The summed E-state index contributed by atoms with van der Waals surface area (Å²) in [5.41, 5.74) is 12.8. The normalized spacial score (nSPS) is 16.3. The first-order valence-corrected chi connectivity index (χ1v) is 10.6. The van der Waals surface area contributed by atoms with Crippen LogP contribution in [0.4, 0.5) is 15.8 Å². The number of hydrogen-bond acceptors (Lipinski definition) is 5. The Bertz CT molecular complexity index is 1220. The van der Waals surface area contributed by atoms with Crippen LogP contribution in [0.3, 0.4) is 0 Å². The number of nitrogens with zero attached hydrogens (tertiary/aromatic N) is 2. The molecule has 164 valence electrons. The van der Waals surface area contributed by atoms with Gasteiger partial charge in [-0.05, 0) is 60.7 Å². The van der Waals surface area contributed by atoms with E-state index in [9.17, 15) is 9.18 Å². The van der Waals surface area contributed by atoms with Gasteiger partial charge in [0.15, 0.2) is 0 Å². The number of fused-ring (bicyclic) bond motifs is 3. The quantitative estimate of drug-likeness (QED) is 0.572. The lowest BCUT2D eigenvalue weighted by Crippen LogP contribution is -2.20. The van der Waals surface area contributed by atoms with Crippen LogP contribution in [0.2, 0.25) is 0 Å². The van der Waals surface area contributed by atoms with Crippen LogP contribution < -0.4 is 21.1 Å². The van der Waals surface area contributed by atoms with E-state index in [2.05, 4.69) is 20.2 Å². The van der Waals surface area contributed by atoms with E-state index in [0.29, 0.717) is 17.0 Å². The molecule has 8 heteroatoms. The molecule has 0 saturated carbocycles. The van der Waals surface area contributed by atoms with Crippen molar-refractivity contribution >= 4 is 23.6 Å². The molecule has 0 saturated heterocycles. The Kier molecular flexibility index (Phi) is 5.14. The largest absolute Gasteiger partial charge is 0.497 e. The van der Waals surface area contributed by atoms with Crippen molar-refractivity contribution in [2.24, 2.45) is 10.7 Å². The average molecular weight is 433 g/mol. The number of hydrogen-bond donors (Lipinski definition) is 3. The SMILES string of the molecule is COc1ccc(CC(=O)Nc2ccc(-n3c4c(c5c3C(N)N=CN5)CCC4)cc2)c(F)c1. The molecular weight excluding hydrogens is 409 g/mol. The molecule has 1 aromatic heterocycles. The molecule has 0 fully saturated rings. The molecule has 3 aromatic rings. The highest BCUT2D eigenvalue weighted by molar-refractivity contribution is 5.92. The van der Waals surface area contributed by atoms with Crippen molar-refractivity contribution in [2.45, 2.75) is 31.8 Å². The van der Waals surface area contributed by atoms with E-state index in [0.717, 1.165) is 36.3 Å². The van der Waals surface area contributed by atoms with Crippen LogP contribution in [-0.4, -0.2) is 23.9 Å². The van der Waals surface area contributed by atoms with Gasteiger partial charge in [0.25, 0.3) is 0 Å². The Labute approximate surface area is 185 Å². The predicted octanol–water partition coefficient (Wildman–Crippen LogP) is 3.71. The zero-order chi connectivity index (χ0) is 22.2. The number of aromatic nitrogens is 1. The molecule has 0 spiro atoms. The van der Waals surface area contributed by atoms with Gasteiger partial charge in [-0.3, -0.25) is 9.79 Å². The van der Waals surface area contributed by atoms with Gasteiger partial charge in [0, 0.05) is 23.1 Å². The minimum absolute atomic E-state index is 0.0608. The highest BCUT2D eigenvalue weighted by atomic mass is 19.1. The predicted molar refractivity (Wildman–Crippen MR) is 122 cm³/mol. The number of aliphatic imine (C=N–C) groups is 1. The van der Waals surface area contributed by atoms with Gasteiger partial charge in [0.05, 0.1) is 31.3 Å². The van der Waals surface area contributed by atoms with Gasteiger partial charge in [0.1, 0.15) is 17.7 Å². The summed E-state index contributed by atoms with van der Waals surface area (Å²) in [6.45, 7) is 0. The number of carbonyl (C=O) groups excluding carboxylic acids is 1. The molecule has 0 radical (unpaired) electrons. The molecule has 4 N–H and O–H groups in total. The Balaban J connectivity index is 1.35. The van der Waals surface area contributed by atoms with Crippen LogP contribution in [0.25, 0.3) is 5.69 Å². The van der Waals surface area contributed by atoms with Crippen LogP contribution in [0, 0.1) is 5.82 Å². The lowest BCUT2D eigenvalue weighted by Gasteiger charge is -2.20. The summed E-state index contributed by atoms with van der Waals surface area (Å²) in [6.07, 6.45) is 4.31. The number of ether oxygens (including phenoxy) is 1. The number of benzene rings is 2. The van der Waals surface area contributed by atoms with Crippen molar-refractivity contribution in [3.63, 3.8) is 0 Å². The monoisotopic (exact) mass is 433 g/mol. The molecule has 1 unspecified atom stereocenters. The molecule has 1 amide bonds. The minimum Gasteiger partial charge on any atom is -0.497 e. The number of rotatable bonds is 5. The first-order valence-electron chi connectivity index (χ1n) is 10.6. The molecule has 32 heavy (non-hydrogen) atoms. The highest BCUT2D eigenvalue weighted by Crippen LogP contribution is 2.41. The Hall–Kier alpha value is -3.65. The number of carbonyl (C=O) groups is 1. The lowest BCUT2D eigenvalue weighted by atomic mass is 10.1. The highest BCUT2D eigenvalue weighted by Gasteiger charge is 2.30. The molecular formula is C24H24FN5O2. The number of methoxy groups -OCH3 is 1. The number of halogens is 1. The van der Waals surface area contributed by atoms with E-state index < -0.39 is 12.0 Å². The zero-order valence-electron chi connectivity index (χ0n) is 17.7. The fraction of sp³-hybridized carbons (Fsp3) is 0.250. The van der Waals surface area contributed by atoms with Crippen molar-refractivity contribution in [1.29, 1.82) is 0 Å².